The molecule has 110 valence electrons. The average Bonchev–Trinajstić information content (AvgIpc) is 2.49. The van der Waals surface area contributed by atoms with Gasteiger partial charge in [-0.2, -0.15) is 0 Å². The number of hydrogen-bond acceptors (Lipinski definition) is 2. The molecule has 0 fully saturated rings. The molecule has 3 nitrogen and oxygen atoms in total. The summed E-state index contributed by atoms with van der Waals surface area (Å²) in [6, 6.07) is 14.4. The van der Waals surface area contributed by atoms with Crippen LogP contribution in [0.25, 0.3) is 0 Å². The Bertz CT molecular complexity index is 582. The first kappa shape index (κ1) is 15.7. The van der Waals surface area contributed by atoms with Gasteiger partial charge in [-0.05, 0) is 42.0 Å². The number of rotatable bonds is 6. The van der Waals surface area contributed by atoms with Gasteiger partial charge in [0.2, 0.25) is 5.91 Å². The second-order valence-corrected chi connectivity index (χ2v) is 5.33. The Morgan fingerprint density at radius 3 is 2.14 bits per heavy atom. The standard InChI is InChI=1S/C16H15Cl2NO2/c17-13-3-1-12(2-4-13)11-19-16(20)9-10-21-15-7-5-14(18)6-8-15/h1-8H,9-11H2,(H,19,20). The monoisotopic (exact) mass is 323 g/mol. The minimum atomic E-state index is -0.0566. The number of nitrogens with one attached hydrogen (secondary N) is 1. The highest BCUT2D eigenvalue weighted by molar-refractivity contribution is 6.30. The zero-order valence-corrected chi connectivity index (χ0v) is 12.8. The summed E-state index contributed by atoms with van der Waals surface area (Å²) in [5.41, 5.74) is 1.01. The third-order valence-electron chi connectivity index (χ3n) is 2.81. The first-order valence-electron chi connectivity index (χ1n) is 6.53. The van der Waals surface area contributed by atoms with E-state index in [0.717, 1.165) is 5.56 Å². The second kappa shape index (κ2) is 7.91. The zero-order valence-electron chi connectivity index (χ0n) is 11.3. The lowest BCUT2D eigenvalue weighted by Crippen LogP contribution is -2.24. The van der Waals surface area contributed by atoms with E-state index >= 15 is 0 Å². The molecule has 1 N–H and O–H groups in total. The molecule has 0 spiro atoms. The number of halogens is 2. The molecule has 5 heteroatoms. The van der Waals surface area contributed by atoms with E-state index in [2.05, 4.69) is 5.32 Å². The smallest absolute Gasteiger partial charge is 0.223 e. The molecule has 0 saturated carbocycles. The van der Waals surface area contributed by atoms with Crippen LogP contribution in [0.5, 0.6) is 5.75 Å². The van der Waals surface area contributed by atoms with Crippen molar-refractivity contribution in [3.8, 4) is 5.75 Å². The molecule has 1 amide bonds. The van der Waals surface area contributed by atoms with Gasteiger partial charge in [-0.15, -0.1) is 0 Å². The van der Waals surface area contributed by atoms with Crippen LogP contribution in [0.4, 0.5) is 0 Å². The normalized spacial score (nSPS) is 10.2. The molecule has 21 heavy (non-hydrogen) atoms. The maximum atomic E-state index is 11.7. The number of carbonyl (C=O) groups excluding carboxylic acids is 1. The molecule has 0 bridgehead atoms. The van der Waals surface area contributed by atoms with Crippen LogP contribution >= 0.6 is 23.2 Å². The van der Waals surface area contributed by atoms with Crippen LogP contribution in [-0.2, 0) is 11.3 Å². The molecular weight excluding hydrogens is 309 g/mol. The minimum Gasteiger partial charge on any atom is -0.493 e. The van der Waals surface area contributed by atoms with Gasteiger partial charge in [-0.1, -0.05) is 35.3 Å². The molecule has 2 aromatic rings. The van der Waals surface area contributed by atoms with E-state index in [9.17, 15) is 4.79 Å². The largest absolute Gasteiger partial charge is 0.493 e. The van der Waals surface area contributed by atoms with Gasteiger partial charge in [0.1, 0.15) is 5.75 Å². The fraction of sp³-hybridized carbons (Fsp3) is 0.188. The molecule has 0 aliphatic heterocycles. The highest BCUT2D eigenvalue weighted by Gasteiger charge is 2.02. The van der Waals surface area contributed by atoms with Crippen molar-refractivity contribution in [3.05, 3.63) is 64.1 Å². The van der Waals surface area contributed by atoms with Gasteiger partial charge >= 0.3 is 0 Å². The van der Waals surface area contributed by atoms with Crippen LogP contribution in [0.3, 0.4) is 0 Å². The van der Waals surface area contributed by atoms with E-state index in [0.29, 0.717) is 35.4 Å². The van der Waals surface area contributed by atoms with Crippen molar-refractivity contribution in [1.29, 1.82) is 0 Å². The molecule has 0 radical (unpaired) electrons. The third kappa shape index (κ3) is 5.66. The van der Waals surface area contributed by atoms with E-state index in [-0.39, 0.29) is 5.91 Å². The van der Waals surface area contributed by atoms with Crippen LogP contribution in [0.1, 0.15) is 12.0 Å². The first-order chi connectivity index (χ1) is 10.1. The van der Waals surface area contributed by atoms with Crippen LogP contribution in [0.15, 0.2) is 48.5 Å². The topological polar surface area (TPSA) is 38.3 Å². The van der Waals surface area contributed by atoms with Gasteiger partial charge in [0, 0.05) is 16.6 Å². The Kier molecular flexibility index (Phi) is 5.90. The third-order valence-corrected chi connectivity index (χ3v) is 3.32. The summed E-state index contributed by atoms with van der Waals surface area (Å²) in [7, 11) is 0. The van der Waals surface area contributed by atoms with Crippen LogP contribution in [0.2, 0.25) is 10.0 Å². The van der Waals surface area contributed by atoms with Crippen molar-refractivity contribution in [2.75, 3.05) is 6.61 Å². The van der Waals surface area contributed by atoms with E-state index in [4.69, 9.17) is 27.9 Å². The number of benzene rings is 2. The van der Waals surface area contributed by atoms with Crippen LogP contribution in [-0.4, -0.2) is 12.5 Å². The van der Waals surface area contributed by atoms with Crippen molar-refractivity contribution in [2.45, 2.75) is 13.0 Å². The fourth-order valence-electron chi connectivity index (χ4n) is 1.68. The molecule has 0 saturated heterocycles. The quantitative estimate of drug-likeness (QED) is 0.869. The molecule has 0 aliphatic rings. The van der Waals surface area contributed by atoms with Crippen molar-refractivity contribution in [3.63, 3.8) is 0 Å². The van der Waals surface area contributed by atoms with Gasteiger partial charge in [-0.3, -0.25) is 4.79 Å². The van der Waals surface area contributed by atoms with Crippen molar-refractivity contribution < 1.29 is 9.53 Å². The van der Waals surface area contributed by atoms with Crippen molar-refractivity contribution in [1.82, 2.24) is 5.32 Å². The lowest BCUT2D eigenvalue weighted by atomic mass is 10.2. The number of carbonyl (C=O) groups is 1. The molecule has 2 rings (SSSR count). The highest BCUT2D eigenvalue weighted by Crippen LogP contribution is 2.15. The Hall–Kier alpha value is -1.71. The molecule has 0 aliphatic carbocycles. The second-order valence-electron chi connectivity index (χ2n) is 4.46. The first-order valence-corrected chi connectivity index (χ1v) is 7.28. The van der Waals surface area contributed by atoms with Gasteiger partial charge in [0.05, 0.1) is 13.0 Å². The molecule has 0 atom stereocenters. The maximum absolute atomic E-state index is 11.7. The summed E-state index contributed by atoms with van der Waals surface area (Å²) in [4.78, 5) is 11.7. The van der Waals surface area contributed by atoms with E-state index < -0.39 is 0 Å². The predicted octanol–water partition coefficient (Wildman–Crippen LogP) is 4.08. The van der Waals surface area contributed by atoms with Crippen LogP contribution in [0, 0.1) is 0 Å². The summed E-state index contributed by atoms with van der Waals surface area (Å²) in [5.74, 6) is 0.642. The Morgan fingerprint density at radius 1 is 0.952 bits per heavy atom. The maximum Gasteiger partial charge on any atom is 0.223 e. The van der Waals surface area contributed by atoms with Gasteiger partial charge < -0.3 is 10.1 Å². The summed E-state index contributed by atoms with van der Waals surface area (Å²) >= 11 is 11.6. The molecular formula is C16H15Cl2NO2. The number of amides is 1. The fourth-order valence-corrected chi connectivity index (χ4v) is 1.94. The summed E-state index contributed by atoms with van der Waals surface area (Å²) < 4.78 is 5.46. The van der Waals surface area contributed by atoms with E-state index in [1.54, 1.807) is 36.4 Å². The zero-order chi connectivity index (χ0) is 15.1. The lowest BCUT2D eigenvalue weighted by Gasteiger charge is -2.07. The van der Waals surface area contributed by atoms with Gasteiger partial charge in [0.15, 0.2) is 0 Å². The minimum absolute atomic E-state index is 0.0566. The predicted molar refractivity (Wildman–Crippen MR) is 84.9 cm³/mol. The SMILES string of the molecule is O=C(CCOc1ccc(Cl)cc1)NCc1ccc(Cl)cc1. The number of hydrogen-bond donors (Lipinski definition) is 1. The Labute approximate surface area is 133 Å². The number of ether oxygens (including phenoxy) is 1. The van der Waals surface area contributed by atoms with Crippen molar-refractivity contribution in [2.24, 2.45) is 0 Å². The molecule has 2 aromatic carbocycles. The summed E-state index contributed by atoms with van der Waals surface area (Å²) in [6.07, 6.45) is 0.302. The summed E-state index contributed by atoms with van der Waals surface area (Å²) in [5, 5.41) is 4.17. The molecule has 0 heterocycles. The van der Waals surface area contributed by atoms with E-state index in [1.165, 1.54) is 0 Å². The highest BCUT2D eigenvalue weighted by atomic mass is 35.5. The molecule has 0 aromatic heterocycles. The van der Waals surface area contributed by atoms with Crippen LogP contribution < -0.4 is 10.1 Å². The lowest BCUT2D eigenvalue weighted by molar-refractivity contribution is -0.121. The van der Waals surface area contributed by atoms with Gasteiger partial charge in [0.25, 0.3) is 0 Å². The summed E-state index contributed by atoms with van der Waals surface area (Å²) in [6.45, 7) is 0.811. The van der Waals surface area contributed by atoms with Crippen molar-refractivity contribution >= 4 is 29.1 Å². The van der Waals surface area contributed by atoms with E-state index in [1.807, 2.05) is 12.1 Å². The average molecular weight is 324 g/mol. The van der Waals surface area contributed by atoms with Gasteiger partial charge in [-0.25, -0.2) is 0 Å². The Balaban J connectivity index is 1.67. The molecule has 0 unspecified atom stereocenters. The Morgan fingerprint density at radius 2 is 1.52 bits per heavy atom.